The van der Waals surface area contributed by atoms with Crippen LogP contribution in [0.1, 0.15) is 19.4 Å². The molecule has 3 aromatic rings. The van der Waals surface area contributed by atoms with Crippen molar-refractivity contribution in [2.24, 2.45) is 0 Å². The van der Waals surface area contributed by atoms with Gasteiger partial charge in [0, 0.05) is 24.5 Å². The van der Waals surface area contributed by atoms with Gasteiger partial charge in [-0.15, -0.1) is 0 Å². The molecule has 1 aliphatic heterocycles. The molecule has 33 heavy (non-hydrogen) atoms. The number of nitrogens with one attached hydrogen (secondary N) is 1. The first kappa shape index (κ1) is 22.6. The highest BCUT2D eigenvalue weighted by Crippen LogP contribution is 2.35. The first-order valence-electron chi connectivity index (χ1n) is 10.7. The third-order valence-corrected chi connectivity index (χ3v) is 5.86. The molecule has 5 nitrogen and oxygen atoms in total. The third-order valence-electron chi connectivity index (χ3n) is 5.57. The summed E-state index contributed by atoms with van der Waals surface area (Å²) >= 11 is 5.91. The van der Waals surface area contributed by atoms with Gasteiger partial charge in [0.25, 0.3) is 11.8 Å². The minimum atomic E-state index is -0.623. The van der Waals surface area contributed by atoms with Crippen LogP contribution in [0.2, 0.25) is 5.02 Å². The van der Waals surface area contributed by atoms with Crippen LogP contribution in [0.3, 0.4) is 0 Å². The molecule has 168 valence electrons. The normalized spacial score (nSPS) is 13.6. The lowest BCUT2D eigenvalue weighted by atomic mass is 10.0. The van der Waals surface area contributed by atoms with E-state index < -0.39 is 17.6 Å². The first-order valence-corrected chi connectivity index (χ1v) is 11.1. The van der Waals surface area contributed by atoms with Crippen molar-refractivity contribution in [1.82, 2.24) is 0 Å². The second kappa shape index (κ2) is 9.46. The fraction of sp³-hybridized carbons (Fsp3) is 0.154. The molecule has 0 fully saturated rings. The lowest BCUT2D eigenvalue weighted by molar-refractivity contribution is -0.120. The van der Waals surface area contributed by atoms with E-state index >= 15 is 0 Å². The van der Waals surface area contributed by atoms with Crippen LogP contribution in [-0.4, -0.2) is 24.9 Å². The van der Waals surface area contributed by atoms with Crippen molar-refractivity contribution in [2.45, 2.75) is 13.8 Å². The number of nitrogens with zero attached hydrogens (tertiary/aromatic N) is 2. The molecule has 3 aromatic carbocycles. The molecule has 0 saturated carbocycles. The molecule has 0 saturated heterocycles. The van der Waals surface area contributed by atoms with Crippen LogP contribution in [0.5, 0.6) is 0 Å². The van der Waals surface area contributed by atoms with Gasteiger partial charge in [0.1, 0.15) is 11.5 Å². The molecule has 0 radical (unpaired) electrons. The SMILES string of the molecule is CCN(CC)c1ccc(NC2=C(c3ccccc3)C(=O)N(c3ccc(F)c(Cl)c3)C2=O)cc1. The summed E-state index contributed by atoms with van der Waals surface area (Å²) in [5.41, 5.74) is 2.96. The number of rotatable bonds is 7. The first-order chi connectivity index (χ1) is 15.9. The molecule has 1 N–H and O–H groups in total. The van der Waals surface area contributed by atoms with E-state index in [-0.39, 0.29) is 22.0 Å². The fourth-order valence-electron chi connectivity index (χ4n) is 3.87. The smallest absolute Gasteiger partial charge is 0.282 e. The van der Waals surface area contributed by atoms with Gasteiger partial charge < -0.3 is 10.2 Å². The maximum Gasteiger partial charge on any atom is 0.282 e. The van der Waals surface area contributed by atoms with Crippen LogP contribution in [0, 0.1) is 5.82 Å². The van der Waals surface area contributed by atoms with Gasteiger partial charge >= 0.3 is 0 Å². The molecule has 0 aromatic heterocycles. The van der Waals surface area contributed by atoms with Crippen molar-refractivity contribution in [3.05, 3.63) is 94.9 Å². The van der Waals surface area contributed by atoms with Crippen molar-refractivity contribution in [1.29, 1.82) is 0 Å². The van der Waals surface area contributed by atoms with Crippen LogP contribution in [0.15, 0.2) is 78.5 Å². The van der Waals surface area contributed by atoms with E-state index in [1.807, 2.05) is 30.3 Å². The van der Waals surface area contributed by atoms with Crippen LogP contribution < -0.4 is 15.1 Å². The summed E-state index contributed by atoms with van der Waals surface area (Å²) in [6, 6.07) is 20.4. The molecule has 7 heteroatoms. The van der Waals surface area contributed by atoms with E-state index in [9.17, 15) is 14.0 Å². The third kappa shape index (κ3) is 4.34. The minimum absolute atomic E-state index is 0.155. The van der Waals surface area contributed by atoms with Crippen LogP contribution in [0.25, 0.3) is 5.57 Å². The summed E-state index contributed by atoms with van der Waals surface area (Å²) in [5, 5.41) is 2.98. The lowest BCUT2D eigenvalue weighted by Gasteiger charge is -2.21. The van der Waals surface area contributed by atoms with Gasteiger partial charge in [-0.3, -0.25) is 9.59 Å². The number of hydrogen-bond donors (Lipinski definition) is 1. The Labute approximate surface area is 197 Å². The summed E-state index contributed by atoms with van der Waals surface area (Å²) in [6.07, 6.45) is 0. The average molecular weight is 464 g/mol. The van der Waals surface area contributed by atoms with Crippen molar-refractivity contribution >= 4 is 46.1 Å². The molecule has 0 atom stereocenters. The van der Waals surface area contributed by atoms with E-state index in [2.05, 4.69) is 24.1 Å². The van der Waals surface area contributed by atoms with E-state index in [0.29, 0.717) is 11.3 Å². The molecule has 2 amide bonds. The van der Waals surface area contributed by atoms with Crippen molar-refractivity contribution in [2.75, 3.05) is 28.2 Å². The zero-order valence-electron chi connectivity index (χ0n) is 18.3. The van der Waals surface area contributed by atoms with Gasteiger partial charge in [-0.25, -0.2) is 9.29 Å². The Morgan fingerprint density at radius 3 is 2.18 bits per heavy atom. The molecule has 0 unspecified atom stereocenters. The molecule has 1 heterocycles. The average Bonchev–Trinajstić information content (AvgIpc) is 3.07. The molecule has 4 rings (SSSR count). The van der Waals surface area contributed by atoms with Crippen LogP contribution >= 0.6 is 11.6 Å². The van der Waals surface area contributed by atoms with Gasteiger partial charge in [0.2, 0.25) is 0 Å². The number of halogens is 2. The van der Waals surface area contributed by atoms with E-state index in [0.717, 1.165) is 29.7 Å². The molecule has 0 spiro atoms. The molecule has 0 aliphatic carbocycles. The Hall–Kier alpha value is -3.64. The Kier molecular flexibility index (Phi) is 6.47. The number of carbonyl (C=O) groups is 2. The van der Waals surface area contributed by atoms with Crippen LogP contribution in [0.4, 0.5) is 21.5 Å². The quantitative estimate of drug-likeness (QED) is 0.455. The monoisotopic (exact) mass is 463 g/mol. The van der Waals surface area contributed by atoms with Gasteiger partial charge in [0.15, 0.2) is 0 Å². The fourth-order valence-corrected chi connectivity index (χ4v) is 4.04. The molecular weight excluding hydrogens is 441 g/mol. The highest BCUT2D eigenvalue weighted by Gasteiger charge is 2.40. The Morgan fingerprint density at radius 1 is 0.909 bits per heavy atom. The largest absolute Gasteiger partial charge is 0.372 e. The van der Waals surface area contributed by atoms with Crippen molar-refractivity contribution < 1.29 is 14.0 Å². The van der Waals surface area contributed by atoms with Gasteiger partial charge in [-0.2, -0.15) is 0 Å². The second-order valence-corrected chi connectivity index (χ2v) is 7.91. The molecule has 1 aliphatic rings. The zero-order chi connectivity index (χ0) is 23.5. The Morgan fingerprint density at radius 2 is 1.58 bits per heavy atom. The van der Waals surface area contributed by atoms with Gasteiger partial charge in [0.05, 0.1) is 16.3 Å². The zero-order valence-corrected chi connectivity index (χ0v) is 19.1. The van der Waals surface area contributed by atoms with Crippen molar-refractivity contribution in [3.63, 3.8) is 0 Å². The molecule has 0 bridgehead atoms. The van der Waals surface area contributed by atoms with Crippen molar-refractivity contribution in [3.8, 4) is 0 Å². The Bertz CT molecular complexity index is 1220. The minimum Gasteiger partial charge on any atom is -0.372 e. The highest BCUT2D eigenvalue weighted by atomic mass is 35.5. The predicted octanol–water partition coefficient (Wildman–Crippen LogP) is 5.72. The number of imide groups is 1. The topological polar surface area (TPSA) is 52.7 Å². The number of benzene rings is 3. The summed E-state index contributed by atoms with van der Waals surface area (Å²) < 4.78 is 13.7. The second-order valence-electron chi connectivity index (χ2n) is 7.50. The summed E-state index contributed by atoms with van der Waals surface area (Å²) in [6.45, 7) is 5.95. The van der Waals surface area contributed by atoms with Crippen LogP contribution in [-0.2, 0) is 9.59 Å². The maximum absolute atomic E-state index is 13.7. The van der Waals surface area contributed by atoms with E-state index in [1.165, 1.54) is 12.1 Å². The number of amides is 2. The number of hydrogen-bond acceptors (Lipinski definition) is 4. The summed E-state index contributed by atoms with van der Waals surface area (Å²) in [5.74, 6) is -1.66. The number of carbonyl (C=O) groups excluding carboxylic acids is 2. The summed E-state index contributed by atoms with van der Waals surface area (Å²) in [7, 11) is 0. The standard InChI is InChI=1S/C26H23ClFN3O2/c1-3-30(4-2)19-12-10-18(11-13-19)29-24-23(17-8-6-5-7-9-17)25(32)31(26(24)33)20-14-15-22(28)21(27)16-20/h5-16,29H,3-4H2,1-2H3. The van der Waals surface area contributed by atoms with E-state index in [1.54, 1.807) is 24.3 Å². The lowest BCUT2D eigenvalue weighted by Crippen LogP contribution is -2.32. The number of anilines is 3. The summed E-state index contributed by atoms with van der Waals surface area (Å²) in [4.78, 5) is 30.0. The van der Waals surface area contributed by atoms with E-state index in [4.69, 9.17) is 11.6 Å². The van der Waals surface area contributed by atoms with Gasteiger partial charge in [-0.1, -0.05) is 41.9 Å². The maximum atomic E-state index is 13.7. The molecular formula is C26H23ClFN3O2. The Balaban J connectivity index is 1.73. The predicted molar refractivity (Wildman–Crippen MR) is 131 cm³/mol. The van der Waals surface area contributed by atoms with Gasteiger partial charge in [-0.05, 0) is 61.9 Å². The highest BCUT2D eigenvalue weighted by molar-refractivity contribution is 6.46.